The molecule has 5 nitrogen and oxygen atoms in total. The zero-order valence-corrected chi connectivity index (χ0v) is 21.0. The Bertz CT molecular complexity index is 1740. The Labute approximate surface area is 212 Å². The molecule has 0 fully saturated rings. The second kappa shape index (κ2) is 8.72. The normalized spacial score (nSPS) is 11.9. The zero-order valence-electron chi connectivity index (χ0n) is 18.6. The molecule has 0 spiro atoms. The van der Waals surface area contributed by atoms with Gasteiger partial charge < -0.3 is 10.3 Å². The Balaban J connectivity index is 1.85. The van der Waals surface area contributed by atoms with Gasteiger partial charge in [-0.1, -0.05) is 65.7 Å². The highest BCUT2D eigenvalue weighted by molar-refractivity contribution is 7.90. The Morgan fingerprint density at radius 1 is 0.886 bits per heavy atom. The van der Waals surface area contributed by atoms with E-state index in [1.54, 1.807) is 48.5 Å². The van der Waals surface area contributed by atoms with E-state index in [0.717, 1.165) is 22.0 Å². The number of rotatable bonds is 5. The summed E-state index contributed by atoms with van der Waals surface area (Å²) in [5, 5.41) is 2.56. The van der Waals surface area contributed by atoms with Crippen LogP contribution in [0.2, 0.25) is 10.0 Å². The summed E-state index contributed by atoms with van der Waals surface area (Å²) in [7, 11) is -3.45. The van der Waals surface area contributed by atoms with E-state index in [9.17, 15) is 13.2 Å². The van der Waals surface area contributed by atoms with E-state index in [1.165, 1.54) is 6.26 Å². The molecule has 0 unspecified atom stereocenters. The number of fused-ring (bicyclic) bond motifs is 3. The molecular weight excluding hydrogens is 503 g/mol. The summed E-state index contributed by atoms with van der Waals surface area (Å²) >= 11 is 13.0. The van der Waals surface area contributed by atoms with Crippen LogP contribution in [0.5, 0.6) is 0 Å². The predicted molar refractivity (Wildman–Crippen MR) is 142 cm³/mol. The molecule has 0 aliphatic heterocycles. The first-order valence-corrected chi connectivity index (χ1v) is 13.4. The first-order chi connectivity index (χ1) is 16.7. The lowest BCUT2D eigenvalue weighted by molar-refractivity contribution is 0.100. The standard InChI is InChI=1S/C27H20Cl2N2O3S/c1-35(33,34)24-11-3-2-6-17(24)15-31-22-10-4-7-19(27(30)32)26(22)18-13-12-16(14-23(18)31)25-20(28)8-5-9-21(25)29/h2-14H,15H2,1H3,(H2,30,32). The Hall–Kier alpha value is -3.32. The van der Waals surface area contributed by atoms with Gasteiger partial charge in [0.2, 0.25) is 5.91 Å². The molecule has 5 rings (SSSR count). The SMILES string of the molecule is CS(=O)(=O)c1ccccc1Cn1c2cc(-c3c(Cl)cccc3Cl)ccc2c2c(C(N)=O)cccc21. The van der Waals surface area contributed by atoms with Gasteiger partial charge in [-0.25, -0.2) is 8.42 Å². The molecule has 35 heavy (non-hydrogen) atoms. The van der Waals surface area contributed by atoms with Crippen molar-refractivity contribution in [1.82, 2.24) is 4.57 Å². The molecular formula is C27H20Cl2N2O3S. The maximum atomic E-state index is 12.5. The van der Waals surface area contributed by atoms with Crippen LogP contribution < -0.4 is 5.73 Å². The van der Waals surface area contributed by atoms with Gasteiger partial charge in [0.15, 0.2) is 9.84 Å². The number of nitrogens with zero attached hydrogens (tertiary/aromatic N) is 1. The Morgan fingerprint density at radius 3 is 2.26 bits per heavy atom. The molecule has 5 aromatic rings. The topological polar surface area (TPSA) is 82.2 Å². The van der Waals surface area contributed by atoms with Gasteiger partial charge in [-0.05, 0) is 47.5 Å². The highest BCUT2D eigenvalue weighted by atomic mass is 35.5. The number of aromatic nitrogens is 1. The average molecular weight is 523 g/mol. The third-order valence-electron chi connectivity index (χ3n) is 6.11. The van der Waals surface area contributed by atoms with E-state index in [4.69, 9.17) is 28.9 Å². The number of carbonyl (C=O) groups excluding carboxylic acids is 1. The van der Waals surface area contributed by atoms with Gasteiger partial charge in [-0.15, -0.1) is 0 Å². The van der Waals surface area contributed by atoms with E-state index >= 15 is 0 Å². The number of halogens is 2. The van der Waals surface area contributed by atoms with Crippen LogP contribution in [0, 0.1) is 0 Å². The summed E-state index contributed by atoms with van der Waals surface area (Å²) in [6.45, 7) is 0.269. The van der Waals surface area contributed by atoms with Crippen LogP contribution in [0.3, 0.4) is 0 Å². The third-order valence-corrected chi connectivity index (χ3v) is 7.94. The van der Waals surface area contributed by atoms with Crippen molar-refractivity contribution in [2.45, 2.75) is 11.4 Å². The number of sulfone groups is 1. The van der Waals surface area contributed by atoms with E-state index in [-0.39, 0.29) is 11.4 Å². The van der Waals surface area contributed by atoms with Gasteiger partial charge in [0.25, 0.3) is 0 Å². The molecule has 1 aromatic heterocycles. The fraction of sp³-hybridized carbons (Fsp3) is 0.0741. The van der Waals surface area contributed by atoms with Crippen LogP contribution in [0.4, 0.5) is 0 Å². The summed E-state index contributed by atoms with van der Waals surface area (Å²) < 4.78 is 26.9. The number of nitrogens with two attached hydrogens (primary N) is 1. The zero-order chi connectivity index (χ0) is 24.9. The minimum atomic E-state index is -3.45. The molecule has 0 aliphatic carbocycles. The van der Waals surface area contributed by atoms with Gasteiger partial charge in [0.05, 0.1) is 15.9 Å². The second-order valence-electron chi connectivity index (χ2n) is 8.36. The number of amides is 1. The molecule has 8 heteroatoms. The molecule has 2 N–H and O–H groups in total. The van der Waals surface area contributed by atoms with E-state index in [2.05, 4.69) is 0 Å². The molecule has 176 valence electrons. The van der Waals surface area contributed by atoms with Crippen molar-refractivity contribution in [2.24, 2.45) is 5.73 Å². The van der Waals surface area contributed by atoms with Crippen molar-refractivity contribution in [3.63, 3.8) is 0 Å². The number of carbonyl (C=O) groups is 1. The number of hydrogen-bond donors (Lipinski definition) is 1. The maximum absolute atomic E-state index is 12.5. The van der Waals surface area contributed by atoms with Gasteiger partial charge >= 0.3 is 0 Å². The summed E-state index contributed by atoms with van der Waals surface area (Å²) in [4.78, 5) is 12.5. The number of primary amides is 1. The number of hydrogen-bond acceptors (Lipinski definition) is 3. The quantitative estimate of drug-likeness (QED) is 0.293. The lowest BCUT2D eigenvalue weighted by Gasteiger charge is -2.13. The first kappa shape index (κ1) is 23.4. The maximum Gasteiger partial charge on any atom is 0.249 e. The molecule has 0 saturated carbocycles. The minimum absolute atomic E-state index is 0.256. The van der Waals surface area contributed by atoms with Crippen LogP contribution in [0.15, 0.2) is 83.8 Å². The van der Waals surface area contributed by atoms with Crippen LogP contribution in [0.25, 0.3) is 32.9 Å². The van der Waals surface area contributed by atoms with Crippen LogP contribution in [0.1, 0.15) is 15.9 Å². The highest BCUT2D eigenvalue weighted by Crippen LogP contribution is 2.39. The van der Waals surface area contributed by atoms with Crippen molar-refractivity contribution in [2.75, 3.05) is 6.26 Å². The largest absolute Gasteiger partial charge is 0.366 e. The molecule has 0 atom stereocenters. The second-order valence-corrected chi connectivity index (χ2v) is 11.2. The third kappa shape index (κ3) is 4.08. The fourth-order valence-corrected chi connectivity index (χ4v) is 6.17. The van der Waals surface area contributed by atoms with Crippen molar-refractivity contribution in [3.05, 3.63) is 100 Å². The smallest absolute Gasteiger partial charge is 0.249 e. The van der Waals surface area contributed by atoms with E-state index in [1.807, 2.05) is 34.9 Å². The highest BCUT2D eigenvalue weighted by Gasteiger charge is 2.20. The minimum Gasteiger partial charge on any atom is -0.366 e. The number of benzene rings is 4. The van der Waals surface area contributed by atoms with Crippen molar-refractivity contribution in [1.29, 1.82) is 0 Å². The lowest BCUT2D eigenvalue weighted by atomic mass is 10.0. The molecule has 1 amide bonds. The predicted octanol–water partition coefficient (Wildman–Crippen LogP) is 6.32. The molecule has 0 aliphatic rings. The lowest BCUT2D eigenvalue weighted by Crippen LogP contribution is -2.11. The van der Waals surface area contributed by atoms with Gasteiger partial charge in [0, 0.05) is 44.7 Å². The van der Waals surface area contributed by atoms with Crippen LogP contribution >= 0.6 is 23.2 Å². The van der Waals surface area contributed by atoms with Gasteiger partial charge in [-0.2, -0.15) is 0 Å². The summed E-state index contributed by atoms with van der Waals surface area (Å²) in [5.41, 5.74) is 9.80. The molecule has 0 saturated heterocycles. The average Bonchev–Trinajstić information content (AvgIpc) is 3.12. The Morgan fingerprint density at radius 2 is 1.57 bits per heavy atom. The molecule has 1 heterocycles. The first-order valence-electron chi connectivity index (χ1n) is 10.7. The monoisotopic (exact) mass is 522 g/mol. The van der Waals surface area contributed by atoms with Crippen molar-refractivity contribution in [3.8, 4) is 11.1 Å². The van der Waals surface area contributed by atoms with Gasteiger partial charge in [0.1, 0.15) is 0 Å². The summed E-state index contributed by atoms with van der Waals surface area (Å²) in [6, 6.07) is 23.4. The molecule has 0 radical (unpaired) electrons. The van der Waals surface area contributed by atoms with Crippen LogP contribution in [-0.2, 0) is 16.4 Å². The molecule has 0 bridgehead atoms. The fourth-order valence-electron chi connectivity index (χ4n) is 4.62. The van der Waals surface area contributed by atoms with Crippen molar-refractivity contribution >= 4 is 60.8 Å². The summed E-state index contributed by atoms with van der Waals surface area (Å²) in [6.07, 6.45) is 1.19. The Kier molecular flexibility index (Phi) is 5.83. The van der Waals surface area contributed by atoms with Crippen molar-refractivity contribution < 1.29 is 13.2 Å². The summed E-state index contributed by atoms with van der Waals surface area (Å²) in [5.74, 6) is -0.538. The van der Waals surface area contributed by atoms with E-state index in [0.29, 0.717) is 32.1 Å². The van der Waals surface area contributed by atoms with Gasteiger partial charge in [-0.3, -0.25) is 4.79 Å². The molecule has 4 aromatic carbocycles. The van der Waals surface area contributed by atoms with Crippen LogP contribution in [-0.4, -0.2) is 25.1 Å². The van der Waals surface area contributed by atoms with E-state index < -0.39 is 15.7 Å².